The quantitative estimate of drug-likeness (QED) is 0.468. The van der Waals surface area contributed by atoms with Gasteiger partial charge in [0, 0.05) is 23.6 Å². The van der Waals surface area contributed by atoms with Crippen molar-refractivity contribution in [2.45, 2.75) is 31.1 Å². The molecule has 0 saturated carbocycles. The van der Waals surface area contributed by atoms with Crippen LogP contribution in [0, 0.1) is 24.5 Å². The number of ether oxygens (including phenoxy) is 1. The van der Waals surface area contributed by atoms with Gasteiger partial charge in [-0.3, -0.25) is 4.72 Å². The molecule has 9 heteroatoms. The third-order valence-electron chi connectivity index (χ3n) is 5.35. The number of hydrogen-bond donors (Lipinski definition) is 1. The van der Waals surface area contributed by atoms with Crippen LogP contribution in [0.15, 0.2) is 58.9 Å². The predicted molar refractivity (Wildman–Crippen MR) is 121 cm³/mol. The molecular weight excluding hydrogens is 454 g/mol. The molecule has 0 fully saturated rings. The zero-order chi connectivity index (χ0) is 22.7. The van der Waals surface area contributed by atoms with E-state index in [1.54, 1.807) is 24.4 Å². The summed E-state index contributed by atoms with van der Waals surface area (Å²) in [5.41, 5.74) is 2.53. The van der Waals surface area contributed by atoms with Gasteiger partial charge in [0.2, 0.25) is 0 Å². The van der Waals surface area contributed by atoms with Gasteiger partial charge in [0.05, 0.1) is 6.61 Å². The highest BCUT2D eigenvalue weighted by molar-refractivity contribution is 7.93. The number of nitrogens with zero attached hydrogens (tertiary/aromatic N) is 1. The Morgan fingerprint density at radius 3 is 2.72 bits per heavy atom. The molecule has 5 nitrogen and oxygen atoms in total. The summed E-state index contributed by atoms with van der Waals surface area (Å²) < 4.78 is 61.3. The van der Waals surface area contributed by atoms with Crippen LogP contribution in [0.5, 0.6) is 5.75 Å². The van der Waals surface area contributed by atoms with Gasteiger partial charge in [-0.05, 0) is 61.1 Å². The second-order valence-corrected chi connectivity index (χ2v) is 10.1. The van der Waals surface area contributed by atoms with Crippen molar-refractivity contribution >= 4 is 32.1 Å². The summed E-state index contributed by atoms with van der Waals surface area (Å²) >= 11 is 1.11. The second-order valence-electron chi connectivity index (χ2n) is 7.60. The number of sulfonamides is 1. The summed E-state index contributed by atoms with van der Waals surface area (Å²) in [5.74, 6) is -0.817. The topological polar surface area (TPSA) is 68.3 Å². The van der Waals surface area contributed by atoms with Crippen LogP contribution in [0.3, 0.4) is 0 Å². The molecule has 1 aromatic heterocycles. The van der Waals surface area contributed by atoms with Crippen LogP contribution in [-0.4, -0.2) is 20.0 Å². The molecule has 1 heterocycles. The Labute approximate surface area is 189 Å². The van der Waals surface area contributed by atoms with Crippen molar-refractivity contribution < 1.29 is 21.9 Å². The molecule has 0 spiro atoms. The lowest BCUT2D eigenvalue weighted by Gasteiger charge is -2.25. The molecule has 0 amide bonds. The lowest BCUT2D eigenvalue weighted by molar-refractivity contribution is 0.265. The molecule has 1 unspecified atom stereocenters. The highest BCUT2D eigenvalue weighted by atomic mass is 32.2. The monoisotopic (exact) mass is 476 g/mol. The molecule has 3 aromatic rings. The van der Waals surface area contributed by atoms with Crippen LogP contribution in [0.2, 0.25) is 0 Å². The average molecular weight is 477 g/mol. The predicted octanol–water partition coefficient (Wildman–Crippen LogP) is 5.79. The number of benzene rings is 2. The van der Waals surface area contributed by atoms with Gasteiger partial charge >= 0.3 is 0 Å². The van der Waals surface area contributed by atoms with Gasteiger partial charge in [0.25, 0.3) is 10.0 Å². The Bertz CT molecular complexity index is 1220. The summed E-state index contributed by atoms with van der Waals surface area (Å²) in [5, 5.41) is 1.79. The molecule has 168 valence electrons. The maximum absolute atomic E-state index is 14.7. The average Bonchev–Trinajstić information content (AvgIpc) is 3.27. The number of anilines is 1. The lowest BCUT2D eigenvalue weighted by atomic mass is 9.84. The molecule has 0 aliphatic heterocycles. The standard InChI is InChI=1S/C23H22F2N2O3S2/c1-15-12-22(32(28,29)27-23-26-10-11-31-23)20(25)13-21(15)30-14-17-4-2-3-5-19(17)16-6-8-18(24)9-7-16/h5-13,17H,2-4,14H2,1H3,(H,26,27). The minimum Gasteiger partial charge on any atom is -0.493 e. The lowest BCUT2D eigenvalue weighted by Crippen LogP contribution is -2.18. The minimum atomic E-state index is -4.11. The number of halogens is 2. The van der Waals surface area contributed by atoms with E-state index < -0.39 is 20.7 Å². The number of hydrogen-bond acceptors (Lipinski definition) is 5. The van der Waals surface area contributed by atoms with Gasteiger partial charge in [-0.15, -0.1) is 11.3 Å². The fourth-order valence-electron chi connectivity index (χ4n) is 3.75. The fraction of sp³-hybridized carbons (Fsp3) is 0.261. The second kappa shape index (κ2) is 9.38. The maximum Gasteiger partial charge on any atom is 0.266 e. The van der Waals surface area contributed by atoms with E-state index in [0.29, 0.717) is 17.9 Å². The molecule has 0 saturated heterocycles. The summed E-state index contributed by atoms with van der Waals surface area (Å²) in [7, 11) is -4.11. The maximum atomic E-state index is 14.7. The SMILES string of the molecule is Cc1cc(S(=O)(=O)Nc2nccs2)c(F)cc1OCC1CCCC=C1c1ccc(F)cc1. The number of rotatable bonds is 7. The van der Waals surface area contributed by atoms with E-state index in [1.807, 2.05) is 0 Å². The van der Waals surface area contributed by atoms with Crippen molar-refractivity contribution in [3.63, 3.8) is 0 Å². The molecule has 1 atom stereocenters. The van der Waals surface area contributed by atoms with Gasteiger partial charge in [0.15, 0.2) is 5.13 Å². The Kier molecular flexibility index (Phi) is 6.57. The fourth-order valence-corrected chi connectivity index (χ4v) is 5.68. The summed E-state index contributed by atoms with van der Waals surface area (Å²) in [4.78, 5) is 3.41. The number of nitrogens with one attached hydrogen (secondary N) is 1. The Balaban J connectivity index is 1.51. The van der Waals surface area contributed by atoms with E-state index in [-0.39, 0.29) is 16.9 Å². The van der Waals surface area contributed by atoms with Crippen LogP contribution in [-0.2, 0) is 10.0 Å². The molecule has 32 heavy (non-hydrogen) atoms. The Morgan fingerprint density at radius 1 is 1.22 bits per heavy atom. The van der Waals surface area contributed by atoms with Gasteiger partial charge in [0.1, 0.15) is 22.3 Å². The number of thiazole rings is 1. The van der Waals surface area contributed by atoms with E-state index in [9.17, 15) is 17.2 Å². The Morgan fingerprint density at radius 2 is 2.00 bits per heavy atom. The molecule has 1 aliphatic carbocycles. The highest BCUT2D eigenvalue weighted by Crippen LogP contribution is 2.34. The number of aromatic nitrogens is 1. The molecule has 1 N–H and O–H groups in total. The van der Waals surface area contributed by atoms with Crippen molar-refractivity contribution in [1.29, 1.82) is 0 Å². The van der Waals surface area contributed by atoms with Crippen LogP contribution in [0.1, 0.15) is 30.4 Å². The van der Waals surface area contributed by atoms with E-state index in [0.717, 1.165) is 47.8 Å². The molecule has 0 radical (unpaired) electrons. The van der Waals surface area contributed by atoms with Gasteiger partial charge in [-0.25, -0.2) is 22.2 Å². The first-order chi connectivity index (χ1) is 15.3. The molecule has 1 aliphatic rings. The van der Waals surface area contributed by atoms with Gasteiger partial charge in [-0.1, -0.05) is 18.2 Å². The van der Waals surface area contributed by atoms with Crippen LogP contribution < -0.4 is 9.46 Å². The first-order valence-corrected chi connectivity index (χ1v) is 12.5. The third-order valence-corrected chi connectivity index (χ3v) is 7.52. The molecule has 0 bridgehead atoms. The van der Waals surface area contributed by atoms with Crippen molar-refractivity contribution in [1.82, 2.24) is 4.98 Å². The normalized spacial score (nSPS) is 16.5. The summed E-state index contributed by atoms with van der Waals surface area (Å²) in [6, 6.07) is 8.73. The van der Waals surface area contributed by atoms with Crippen molar-refractivity contribution in [3.8, 4) is 5.75 Å². The zero-order valence-corrected chi connectivity index (χ0v) is 19.0. The first kappa shape index (κ1) is 22.4. The van der Waals surface area contributed by atoms with Crippen molar-refractivity contribution in [2.75, 3.05) is 11.3 Å². The van der Waals surface area contributed by atoms with E-state index >= 15 is 0 Å². The van der Waals surface area contributed by atoms with Crippen LogP contribution >= 0.6 is 11.3 Å². The third kappa shape index (κ3) is 4.99. The van der Waals surface area contributed by atoms with E-state index in [4.69, 9.17) is 4.74 Å². The summed E-state index contributed by atoms with van der Waals surface area (Å²) in [6.07, 6.45) is 6.44. The Hall–Kier alpha value is -2.78. The molecule has 4 rings (SSSR count). The first-order valence-electron chi connectivity index (χ1n) is 10.1. The van der Waals surface area contributed by atoms with Crippen molar-refractivity contribution in [3.05, 3.63) is 76.8 Å². The minimum absolute atomic E-state index is 0.0756. The highest BCUT2D eigenvalue weighted by Gasteiger charge is 2.24. The molecule has 2 aromatic carbocycles. The number of aryl methyl sites for hydroxylation is 1. The van der Waals surface area contributed by atoms with E-state index in [2.05, 4.69) is 15.8 Å². The molecular formula is C23H22F2N2O3S2. The van der Waals surface area contributed by atoms with Gasteiger partial charge in [-0.2, -0.15) is 0 Å². The van der Waals surface area contributed by atoms with Gasteiger partial charge < -0.3 is 4.74 Å². The van der Waals surface area contributed by atoms with E-state index in [1.165, 1.54) is 24.4 Å². The zero-order valence-electron chi connectivity index (χ0n) is 17.3. The van der Waals surface area contributed by atoms with Crippen LogP contribution in [0.4, 0.5) is 13.9 Å². The smallest absolute Gasteiger partial charge is 0.266 e. The number of allylic oxidation sites excluding steroid dienone is 1. The van der Waals surface area contributed by atoms with Crippen LogP contribution in [0.25, 0.3) is 5.57 Å². The largest absolute Gasteiger partial charge is 0.493 e. The van der Waals surface area contributed by atoms with Crippen molar-refractivity contribution in [2.24, 2.45) is 5.92 Å². The summed E-state index contributed by atoms with van der Waals surface area (Å²) in [6.45, 7) is 1.99.